The Morgan fingerprint density at radius 1 is 0.828 bits per heavy atom. The predicted octanol–water partition coefficient (Wildman–Crippen LogP) is 7.44. The van der Waals surface area contributed by atoms with E-state index in [0.717, 1.165) is 22.3 Å². The first-order valence-corrected chi connectivity index (χ1v) is 11.4. The van der Waals surface area contributed by atoms with Crippen LogP contribution in [0.5, 0.6) is 0 Å². The minimum absolute atomic E-state index is 0.0488. The second-order valence-corrected chi connectivity index (χ2v) is 11.0. The summed E-state index contributed by atoms with van der Waals surface area (Å²) in [7, 11) is 0. The van der Waals surface area contributed by atoms with Crippen molar-refractivity contribution in [3.63, 3.8) is 0 Å². The van der Waals surface area contributed by atoms with Gasteiger partial charge in [0.2, 0.25) is 5.12 Å². The van der Waals surface area contributed by atoms with Gasteiger partial charge in [0.15, 0.2) is 0 Å². The van der Waals surface area contributed by atoms with Crippen molar-refractivity contribution < 1.29 is 9.90 Å². The van der Waals surface area contributed by atoms with Crippen molar-refractivity contribution in [1.29, 1.82) is 0 Å². The van der Waals surface area contributed by atoms with E-state index in [1.165, 1.54) is 17.3 Å². The third-order valence-electron chi connectivity index (χ3n) is 5.47. The molecule has 2 aromatic carbocycles. The van der Waals surface area contributed by atoms with Crippen LogP contribution in [0, 0.1) is 0 Å². The van der Waals surface area contributed by atoms with Gasteiger partial charge in [0.1, 0.15) is 0 Å². The zero-order chi connectivity index (χ0) is 21.9. The van der Waals surface area contributed by atoms with Gasteiger partial charge in [0.25, 0.3) is 0 Å². The van der Waals surface area contributed by atoms with Crippen LogP contribution in [0.25, 0.3) is 0 Å². The highest BCUT2D eigenvalue weighted by atomic mass is 32.2. The number of rotatable bonds is 7. The summed E-state index contributed by atoms with van der Waals surface area (Å²) in [5.41, 5.74) is 5.17. The van der Waals surface area contributed by atoms with Crippen LogP contribution in [-0.4, -0.2) is 15.0 Å². The summed E-state index contributed by atoms with van der Waals surface area (Å²) in [5, 5.41) is 11.0. The molecule has 0 radical (unpaired) electrons. The molecule has 2 rings (SSSR count). The van der Waals surface area contributed by atoms with E-state index in [1.54, 1.807) is 0 Å². The number of hydrogen-bond donors (Lipinski definition) is 1. The lowest BCUT2D eigenvalue weighted by Crippen LogP contribution is -2.28. The predicted molar refractivity (Wildman–Crippen MR) is 126 cm³/mol. The third kappa shape index (κ3) is 5.52. The van der Waals surface area contributed by atoms with Crippen molar-refractivity contribution in [2.75, 3.05) is 0 Å². The lowest BCUT2D eigenvalue weighted by molar-refractivity contribution is 0.107. The average molecular weight is 413 g/mol. The molecule has 0 aliphatic carbocycles. The Kier molecular flexibility index (Phi) is 7.75. The van der Waals surface area contributed by atoms with Gasteiger partial charge in [-0.1, -0.05) is 95.8 Å². The smallest absolute Gasteiger partial charge is 0.220 e. The summed E-state index contributed by atoms with van der Waals surface area (Å²) in [5.74, 6) is 0.930. The molecule has 1 atom stereocenters. The Morgan fingerprint density at radius 2 is 1.31 bits per heavy atom. The van der Waals surface area contributed by atoms with Crippen LogP contribution in [0.2, 0.25) is 0 Å². The number of aliphatic hydroxyl groups is 1. The molecule has 0 spiro atoms. The highest BCUT2D eigenvalue weighted by molar-refractivity contribution is 8.15. The van der Waals surface area contributed by atoms with Crippen LogP contribution in [0.1, 0.15) is 112 Å². The van der Waals surface area contributed by atoms with E-state index in [0.29, 0.717) is 5.92 Å². The van der Waals surface area contributed by atoms with Gasteiger partial charge in [0.05, 0.1) is 6.10 Å². The van der Waals surface area contributed by atoms with E-state index < -0.39 is 10.9 Å². The van der Waals surface area contributed by atoms with Crippen molar-refractivity contribution in [3.8, 4) is 0 Å². The molecule has 3 heteroatoms. The molecule has 1 N–H and O–H groups in total. The lowest BCUT2D eigenvalue weighted by Gasteiger charge is -2.31. The Labute approximate surface area is 181 Å². The topological polar surface area (TPSA) is 37.3 Å². The molecule has 0 fully saturated rings. The molecular formula is C26H36O2S. The van der Waals surface area contributed by atoms with E-state index in [2.05, 4.69) is 53.7 Å². The number of carbonyl (C=O) groups excluding carboxylic acids is 1. The summed E-state index contributed by atoms with van der Waals surface area (Å²) in [4.78, 5) is 13.6. The molecule has 0 aliphatic rings. The average Bonchev–Trinajstić information content (AvgIpc) is 2.66. The minimum atomic E-state index is -0.724. The fourth-order valence-electron chi connectivity index (χ4n) is 3.57. The molecule has 2 nitrogen and oxygen atoms in total. The van der Waals surface area contributed by atoms with Gasteiger partial charge >= 0.3 is 0 Å². The normalized spacial score (nSPS) is 13.4. The SMILES string of the molecule is CC(C)c1cc(C(C)C)c(C(=O)SC(C)(C)C(O)c2ccccc2)c(C(C)C)c1. The fourth-order valence-corrected chi connectivity index (χ4v) is 4.64. The molecule has 0 aliphatic heterocycles. The molecule has 0 amide bonds. The first-order valence-electron chi connectivity index (χ1n) is 10.6. The number of hydrogen-bond acceptors (Lipinski definition) is 3. The third-order valence-corrected chi connectivity index (χ3v) is 6.60. The minimum Gasteiger partial charge on any atom is -0.387 e. The summed E-state index contributed by atoms with van der Waals surface area (Å²) in [6.07, 6.45) is -0.724. The molecule has 1 unspecified atom stereocenters. The van der Waals surface area contributed by atoms with Crippen LogP contribution in [-0.2, 0) is 0 Å². The molecule has 29 heavy (non-hydrogen) atoms. The van der Waals surface area contributed by atoms with Crippen LogP contribution in [0.15, 0.2) is 42.5 Å². The van der Waals surface area contributed by atoms with Gasteiger partial charge in [-0.15, -0.1) is 0 Å². The number of benzene rings is 2. The summed E-state index contributed by atoms with van der Waals surface area (Å²) >= 11 is 1.25. The van der Waals surface area contributed by atoms with Crippen molar-refractivity contribution in [2.24, 2.45) is 0 Å². The van der Waals surface area contributed by atoms with Gasteiger partial charge in [-0.25, -0.2) is 0 Å². The van der Waals surface area contributed by atoms with E-state index in [9.17, 15) is 9.90 Å². The summed E-state index contributed by atoms with van der Waals surface area (Å²) in [6, 6.07) is 14.0. The van der Waals surface area contributed by atoms with E-state index in [1.807, 2.05) is 44.2 Å². The number of thioether (sulfide) groups is 1. The zero-order valence-corrected chi connectivity index (χ0v) is 19.9. The fraction of sp³-hybridized carbons (Fsp3) is 0.500. The largest absolute Gasteiger partial charge is 0.387 e. The quantitative estimate of drug-likeness (QED) is 0.513. The Hall–Kier alpha value is -1.58. The molecule has 0 aromatic heterocycles. The van der Waals surface area contributed by atoms with E-state index >= 15 is 0 Å². The van der Waals surface area contributed by atoms with Crippen molar-refractivity contribution >= 4 is 16.9 Å². The van der Waals surface area contributed by atoms with E-state index in [-0.39, 0.29) is 17.0 Å². The molecule has 2 aromatic rings. The van der Waals surface area contributed by atoms with Crippen LogP contribution in [0.4, 0.5) is 0 Å². The van der Waals surface area contributed by atoms with Crippen LogP contribution < -0.4 is 0 Å². The van der Waals surface area contributed by atoms with Crippen molar-refractivity contribution in [3.05, 3.63) is 70.3 Å². The van der Waals surface area contributed by atoms with Crippen molar-refractivity contribution in [1.82, 2.24) is 0 Å². The Morgan fingerprint density at radius 3 is 1.72 bits per heavy atom. The number of carbonyl (C=O) groups is 1. The summed E-state index contributed by atoms with van der Waals surface area (Å²) < 4.78 is -0.641. The first kappa shape index (κ1) is 23.7. The van der Waals surface area contributed by atoms with Gasteiger partial charge in [-0.3, -0.25) is 4.79 Å². The standard InChI is InChI=1S/C26H36O2S/c1-16(2)20-14-21(17(3)4)23(22(15-20)18(5)6)25(28)29-26(7,8)24(27)19-12-10-9-11-13-19/h9-18,24,27H,1-8H3. The van der Waals surface area contributed by atoms with Gasteiger partial charge in [-0.2, -0.15) is 0 Å². The molecule has 0 saturated heterocycles. The first-order chi connectivity index (χ1) is 13.5. The molecular weight excluding hydrogens is 376 g/mol. The van der Waals surface area contributed by atoms with Gasteiger partial charge < -0.3 is 5.11 Å². The lowest BCUT2D eigenvalue weighted by atomic mass is 9.85. The van der Waals surface area contributed by atoms with Gasteiger partial charge in [-0.05, 0) is 53.9 Å². The maximum atomic E-state index is 13.6. The van der Waals surface area contributed by atoms with Gasteiger partial charge in [0, 0.05) is 10.3 Å². The van der Waals surface area contributed by atoms with Crippen LogP contribution in [0.3, 0.4) is 0 Å². The molecule has 0 bridgehead atoms. The Balaban J connectivity index is 2.48. The second kappa shape index (κ2) is 9.49. The Bertz CT molecular complexity index is 806. The van der Waals surface area contributed by atoms with Crippen molar-refractivity contribution in [2.45, 2.75) is 84.0 Å². The second-order valence-electron chi connectivity index (χ2n) is 9.34. The highest BCUT2D eigenvalue weighted by Crippen LogP contribution is 2.42. The highest BCUT2D eigenvalue weighted by Gasteiger charge is 2.34. The monoisotopic (exact) mass is 412 g/mol. The van der Waals surface area contributed by atoms with Crippen LogP contribution >= 0.6 is 11.8 Å². The molecule has 0 heterocycles. The maximum absolute atomic E-state index is 13.6. The zero-order valence-electron chi connectivity index (χ0n) is 19.1. The molecule has 158 valence electrons. The summed E-state index contributed by atoms with van der Waals surface area (Å²) in [6.45, 7) is 16.9. The van der Waals surface area contributed by atoms with E-state index in [4.69, 9.17) is 0 Å². The number of aliphatic hydroxyl groups excluding tert-OH is 1. The molecule has 0 saturated carbocycles. The maximum Gasteiger partial charge on any atom is 0.220 e.